The second-order valence-electron chi connectivity index (χ2n) is 5.05. The third-order valence-corrected chi connectivity index (χ3v) is 3.58. The summed E-state index contributed by atoms with van der Waals surface area (Å²) < 4.78 is 5.51. The maximum atomic E-state index is 5.51. The number of ether oxygens (including phenoxy) is 1. The molecule has 1 aromatic heterocycles. The number of hydrogen-bond acceptors (Lipinski definition) is 2. The Kier molecular flexibility index (Phi) is 4.22. The van der Waals surface area contributed by atoms with Gasteiger partial charge in [-0.2, -0.15) is 0 Å². The van der Waals surface area contributed by atoms with Gasteiger partial charge in [0.05, 0.1) is 6.61 Å². The highest BCUT2D eigenvalue weighted by molar-refractivity contribution is 5.79. The topological polar surface area (TPSA) is 37.0 Å². The van der Waals surface area contributed by atoms with Crippen LogP contribution in [0.25, 0.3) is 10.9 Å². The Morgan fingerprint density at radius 1 is 1.10 bits per heavy atom. The molecule has 0 aliphatic heterocycles. The fourth-order valence-electron chi connectivity index (χ4n) is 2.43. The summed E-state index contributed by atoms with van der Waals surface area (Å²) in [5.74, 6) is 0. The molecule has 3 heteroatoms. The third kappa shape index (κ3) is 3.26. The van der Waals surface area contributed by atoms with Crippen LogP contribution in [0.2, 0.25) is 0 Å². The first-order chi connectivity index (χ1) is 10.4. The quantitative estimate of drug-likeness (QED) is 0.705. The van der Waals surface area contributed by atoms with Gasteiger partial charge in [0.15, 0.2) is 0 Å². The maximum absolute atomic E-state index is 5.51. The van der Waals surface area contributed by atoms with Gasteiger partial charge >= 0.3 is 0 Å². The summed E-state index contributed by atoms with van der Waals surface area (Å²) in [6.07, 6.45) is 1.97. The summed E-state index contributed by atoms with van der Waals surface area (Å²) in [6, 6.07) is 16.9. The van der Waals surface area contributed by atoms with Gasteiger partial charge in [-0.05, 0) is 36.1 Å². The molecule has 0 atom stereocenters. The van der Waals surface area contributed by atoms with E-state index >= 15 is 0 Å². The van der Waals surface area contributed by atoms with Crippen molar-refractivity contribution in [3.05, 3.63) is 65.9 Å². The molecule has 0 aliphatic carbocycles. The Hall–Kier alpha value is -2.26. The molecule has 2 N–H and O–H groups in total. The zero-order valence-electron chi connectivity index (χ0n) is 12.2. The van der Waals surface area contributed by atoms with Crippen molar-refractivity contribution in [3.8, 4) is 0 Å². The Labute approximate surface area is 125 Å². The monoisotopic (exact) mass is 280 g/mol. The van der Waals surface area contributed by atoms with Gasteiger partial charge in [-0.3, -0.25) is 0 Å². The third-order valence-electron chi connectivity index (χ3n) is 3.58. The lowest BCUT2D eigenvalue weighted by atomic mass is 10.1. The van der Waals surface area contributed by atoms with E-state index in [9.17, 15) is 0 Å². The molecule has 2 aromatic carbocycles. The highest BCUT2D eigenvalue weighted by Crippen LogP contribution is 2.19. The van der Waals surface area contributed by atoms with Crippen LogP contribution in [-0.2, 0) is 17.9 Å². The number of H-pyrrole nitrogens is 1. The summed E-state index contributed by atoms with van der Waals surface area (Å²) in [5.41, 5.74) is 4.77. The molecule has 108 valence electrons. The predicted molar refractivity (Wildman–Crippen MR) is 87.4 cm³/mol. The van der Waals surface area contributed by atoms with E-state index in [1.807, 2.05) is 25.3 Å². The van der Waals surface area contributed by atoms with E-state index < -0.39 is 0 Å². The zero-order valence-corrected chi connectivity index (χ0v) is 12.2. The number of fused-ring (bicyclic) bond motifs is 1. The lowest BCUT2D eigenvalue weighted by molar-refractivity contribution is 0.134. The number of hydrogen-bond donors (Lipinski definition) is 2. The SMILES string of the molecule is CCOCc1ccccc1NCc1ccc2cc[nH]c2c1. The number of nitrogens with one attached hydrogen (secondary N) is 2. The molecule has 0 radical (unpaired) electrons. The molecule has 0 unspecified atom stereocenters. The van der Waals surface area contributed by atoms with E-state index in [0.717, 1.165) is 18.8 Å². The van der Waals surface area contributed by atoms with Crippen molar-refractivity contribution in [1.82, 2.24) is 4.98 Å². The number of rotatable bonds is 6. The molecule has 3 rings (SSSR count). The lowest BCUT2D eigenvalue weighted by Crippen LogP contribution is -2.03. The molecule has 0 saturated heterocycles. The normalized spacial score (nSPS) is 10.9. The summed E-state index contributed by atoms with van der Waals surface area (Å²) in [5, 5.41) is 4.75. The van der Waals surface area contributed by atoms with Crippen LogP contribution in [0, 0.1) is 0 Å². The van der Waals surface area contributed by atoms with Crippen LogP contribution in [0.3, 0.4) is 0 Å². The van der Waals surface area contributed by atoms with Crippen LogP contribution < -0.4 is 5.32 Å². The Morgan fingerprint density at radius 2 is 2.00 bits per heavy atom. The van der Waals surface area contributed by atoms with Gasteiger partial charge in [0.2, 0.25) is 0 Å². The number of benzene rings is 2. The van der Waals surface area contributed by atoms with Gasteiger partial charge in [-0.25, -0.2) is 0 Å². The van der Waals surface area contributed by atoms with Gasteiger partial charge in [-0.15, -0.1) is 0 Å². The van der Waals surface area contributed by atoms with Crippen LogP contribution in [-0.4, -0.2) is 11.6 Å². The number of para-hydroxylation sites is 1. The first kappa shape index (κ1) is 13.7. The second-order valence-corrected chi connectivity index (χ2v) is 5.05. The van der Waals surface area contributed by atoms with Crippen LogP contribution in [0.4, 0.5) is 5.69 Å². The van der Waals surface area contributed by atoms with Crippen molar-refractivity contribution >= 4 is 16.6 Å². The van der Waals surface area contributed by atoms with Crippen molar-refractivity contribution in [1.29, 1.82) is 0 Å². The Bertz CT molecular complexity index is 718. The average molecular weight is 280 g/mol. The van der Waals surface area contributed by atoms with Crippen LogP contribution >= 0.6 is 0 Å². The van der Waals surface area contributed by atoms with Gasteiger partial charge in [0, 0.05) is 36.1 Å². The summed E-state index contributed by atoms with van der Waals surface area (Å²) in [4.78, 5) is 3.25. The van der Waals surface area contributed by atoms with Gasteiger partial charge in [-0.1, -0.05) is 30.3 Å². The van der Waals surface area contributed by atoms with E-state index in [1.54, 1.807) is 0 Å². The largest absolute Gasteiger partial charge is 0.381 e. The van der Waals surface area contributed by atoms with E-state index in [2.05, 4.69) is 46.7 Å². The van der Waals surface area contributed by atoms with Crippen LogP contribution in [0.15, 0.2) is 54.7 Å². The van der Waals surface area contributed by atoms with Crippen molar-refractivity contribution in [2.45, 2.75) is 20.1 Å². The molecule has 3 nitrogen and oxygen atoms in total. The molecule has 0 fully saturated rings. The van der Waals surface area contributed by atoms with E-state index in [0.29, 0.717) is 6.61 Å². The van der Waals surface area contributed by atoms with Gasteiger partial charge in [0.1, 0.15) is 0 Å². The Morgan fingerprint density at radius 3 is 2.90 bits per heavy atom. The number of aromatic nitrogens is 1. The summed E-state index contributed by atoms with van der Waals surface area (Å²) in [7, 11) is 0. The molecule has 1 heterocycles. The van der Waals surface area contributed by atoms with Crippen molar-refractivity contribution in [3.63, 3.8) is 0 Å². The molecule has 0 amide bonds. The molecule has 21 heavy (non-hydrogen) atoms. The van der Waals surface area contributed by atoms with Crippen molar-refractivity contribution < 1.29 is 4.74 Å². The fraction of sp³-hybridized carbons (Fsp3) is 0.222. The standard InChI is InChI=1S/C18H20N2O/c1-2-21-13-16-5-3-4-6-17(16)20-12-14-7-8-15-9-10-19-18(15)11-14/h3-11,19-20H,2,12-13H2,1H3. The minimum atomic E-state index is 0.648. The average Bonchev–Trinajstić information content (AvgIpc) is 2.99. The van der Waals surface area contributed by atoms with Crippen LogP contribution in [0.1, 0.15) is 18.1 Å². The summed E-state index contributed by atoms with van der Waals surface area (Å²) >= 11 is 0. The minimum absolute atomic E-state index is 0.648. The molecular weight excluding hydrogens is 260 g/mol. The predicted octanol–water partition coefficient (Wildman–Crippen LogP) is 4.32. The minimum Gasteiger partial charge on any atom is -0.381 e. The Balaban J connectivity index is 1.71. The maximum Gasteiger partial charge on any atom is 0.0736 e. The van der Waals surface area contributed by atoms with E-state index in [1.165, 1.54) is 22.0 Å². The van der Waals surface area contributed by atoms with Gasteiger partial charge in [0.25, 0.3) is 0 Å². The smallest absolute Gasteiger partial charge is 0.0736 e. The van der Waals surface area contributed by atoms with E-state index in [4.69, 9.17) is 4.74 Å². The first-order valence-electron chi connectivity index (χ1n) is 7.32. The molecule has 0 saturated carbocycles. The first-order valence-corrected chi connectivity index (χ1v) is 7.32. The number of aromatic amines is 1. The highest BCUT2D eigenvalue weighted by atomic mass is 16.5. The molecule has 0 aliphatic rings. The number of anilines is 1. The molecular formula is C18H20N2O. The zero-order chi connectivity index (χ0) is 14.5. The van der Waals surface area contributed by atoms with Crippen molar-refractivity contribution in [2.24, 2.45) is 0 Å². The second kappa shape index (κ2) is 6.46. The molecule has 3 aromatic rings. The summed E-state index contributed by atoms with van der Waals surface area (Å²) in [6.45, 7) is 4.20. The fourth-order valence-corrected chi connectivity index (χ4v) is 2.43. The lowest BCUT2D eigenvalue weighted by Gasteiger charge is -2.12. The van der Waals surface area contributed by atoms with Crippen molar-refractivity contribution in [2.75, 3.05) is 11.9 Å². The van der Waals surface area contributed by atoms with Crippen LogP contribution in [0.5, 0.6) is 0 Å². The molecule has 0 bridgehead atoms. The molecule has 0 spiro atoms. The van der Waals surface area contributed by atoms with E-state index in [-0.39, 0.29) is 0 Å². The van der Waals surface area contributed by atoms with Gasteiger partial charge < -0.3 is 15.0 Å². The highest BCUT2D eigenvalue weighted by Gasteiger charge is 2.02.